The van der Waals surface area contributed by atoms with Crippen molar-refractivity contribution in [1.29, 1.82) is 5.41 Å². The van der Waals surface area contributed by atoms with Crippen molar-refractivity contribution in [3.63, 3.8) is 0 Å². The van der Waals surface area contributed by atoms with Gasteiger partial charge in [0.15, 0.2) is 17.4 Å². The van der Waals surface area contributed by atoms with Gasteiger partial charge in [0.1, 0.15) is 18.0 Å². The van der Waals surface area contributed by atoms with Crippen LogP contribution in [-0.2, 0) is 12.8 Å². The van der Waals surface area contributed by atoms with Gasteiger partial charge < -0.3 is 16.2 Å². The van der Waals surface area contributed by atoms with Crippen LogP contribution in [0.15, 0.2) is 42.7 Å². The van der Waals surface area contributed by atoms with Gasteiger partial charge in [0.25, 0.3) is 0 Å². The zero-order valence-electron chi connectivity index (χ0n) is 14.7. The number of anilines is 2. The molecule has 0 spiro atoms. The molecule has 4 rings (SSSR count). The molecule has 1 heterocycles. The number of nitrogen functional groups attached to an aromatic ring is 1. The van der Waals surface area contributed by atoms with E-state index < -0.39 is 17.4 Å². The van der Waals surface area contributed by atoms with Crippen LogP contribution in [0.2, 0.25) is 0 Å². The molecule has 0 saturated heterocycles. The maximum Gasteiger partial charge on any atom is 0.200 e. The van der Waals surface area contributed by atoms with Crippen LogP contribution in [0.4, 0.5) is 20.4 Å². The van der Waals surface area contributed by atoms with Crippen LogP contribution in [0, 0.1) is 17.0 Å². The minimum absolute atomic E-state index is 0.0298. The molecule has 1 aliphatic carbocycles. The molecule has 0 bridgehead atoms. The molecule has 1 aliphatic rings. The Morgan fingerprint density at radius 2 is 1.82 bits per heavy atom. The third kappa shape index (κ3) is 3.13. The van der Waals surface area contributed by atoms with Gasteiger partial charge in [-0.2, -0.15) is 4.39 Å². The Morgan fingerprint density at radius 3 is 2.46 bits per heavy atom. The second-order valence-electron chi connectivity index (χ2n) is 6.67. The smallest absolute Gasteiger partial charge is 0.200 e. The van der Waals surface area contributed by atoms with Gasteiger partial charge in [0, 0.05) is 11.6 Å². The summed E-state index contributed by atoms with van der Waals surface area (Å²) in [5, 5.41) is 21.3. The van der Waals surface area contributed by atoms with Crippen molar-refractivity contribution in [3.05, 3.63) is 76.6 Å². The van der Waals surface area contributed by atoms with Crippen LogP contribution < -0.4 is 11.1 Å². The molecule has 28 heavy (non-hydrogen) atoms. The van der Waals surface area contributed by atoms with E-state index in [4.69, 9.17) is 11.1 Å². The molecule has 5 N–H and O–H groups in total. The minimum atomic E-state index is -1.36. The number of phenolic OH excluding ortho intramolecular Hbond substituents is 1. The van der Waals surface area contributed by atoms with E-state index in [0.29, 0.717) is 5.82 Å². The Balaban J connectivity index is 1.66. The number of nitrogens with two attached hydrogens (primary N) is 1. The summed E-state index contributed by atoms with van der Waals surface area (Å²) in [4.78, 5) is 8.12. The fourth-order valence-corrected chi connectivity index (χ4v) is 3.47. The number of benzene rings is 2. The number of nitrogens with zero attached hydrogens (tertiary/aromatic N) is 2. The van der Waals surface area contributed by atoms with Crippen molar-refractivity contribution in [3.8, 4) is 5.75 Å². The lowest BCUT2D eigenvalue weighted by Crippen LogP contribution is -2.23. The van der Waals surface area contributed by atoms with Crippen LogP contribution in [0.1, 0.15) is 22.3 Å². The number of aromatic nitrogens is 2. The fourth-order valence-electron chi connectivity index (χ4n) is 3.47. The lowest BCUT2D eigenvalue weighted by molar-refractivity contribution is 0.407. The standard InChI is InChI=1S/C20H17F2N5O/c21-14-7-12(8-15(28)17(14)22)18(23)16-19(24)25-9-26-20(16)27-13-5-10-3-1-2-4-11(10)6-13/h1-4,7-9,13,23,28H,5-6H2,(H3,24,25,26,27). The molecular formula is C20H17F2N5O. The van der Waals surface area contributed by atoms with Crippen molar-refractivity contribution < 1.29 is 13.9 Å². The summed E-state index contributed by atoms with van der Waals surface area (Å²) in [5.74, 6) is -3.13. The molecule has 0 aliphatic heterocycles. The minimum Gasteiger partial charge on any atom is -0.505 e. The first-order valence-electron chi connectivity index (χ1n) is 8.65. The molecule has 0 unspecified atom stereocenters. The SMILES string of the molecule is N=C(c1cc(O)c(F)c(F)c1)c1c(N)ncnc1NC1Cc2ccccc2C1. The molecule has 0 fully saturated rings. The molecular weight excluding hydrogens is 364 g/mol. The molecule has 2 aromatic carbocycles. The summed E-state index contributed by atoms with van der Waals surface area (Å²) in [6.07, 6.45) is 2.86. The van der Waals surface area contributed by atoms with Gasteiger partial charge in [-0.1, -0.05) is 24.3 Å². The zero-order valence-corrected chi connectivity index (χ0v) is 14.7. The highest BCUT2D eigenvalue weighted by molar-refractivity contribution is 6.16. The summed E-state index contributed by atoms with van der Waals surface area (Å²) in [7, 11) is 0. The number of hydrogen-bond donors (Lipinski definition) is 4. The number of fused-ring (bicyclic) bond motifs is 1. The van der Waals surface area contributed by atoms with Crippen LogP contribution >= 0.6 is 0 Å². The first-order chi connectivity index (χ1) is 13.4. The Morgan fingerprint density at radius 1 is 1.14 bits per heavy atom. The fraction of sp³-hybridized carbons (Fsp3) is 0.150. The highest BCUT2D eigenvalue weighted by Gasteiger charge is 2.25. The molecule has 142 valence electrons. The first kappa shape index (κ1) is 17.8. The van der Waals surface area contributed by atoms with Gasteiger partial charge in [-0.25, -0.2) is 14.4 Å². The maximum absolute atomic E-state index is 13.7. The topological polar surface area (TPSA) is 108 Å². The Hall–Kier alpha value is -3.55. The van der Waals surface area contributed by atoms with Crippen molar-refractivity contribution in [1.82, 2.24) is 9.97 Å². The van der Waals surface area contributed by atoms with Crippen LogP contribution in [0.5, 0.6) is 5.75 Å². The second kappa shape index (κ2) is 6.88. The van der Waals surface area contributed by atoms with Crippen LogP contribution in [-0.4, -0.2) is 26.8 Å². The van der Waals surface area contributed by atoms with Crippen molar-refractivity contribution in [2.45, 2.75) is 18.9 Å². The summed E-state index contributed by atoms with van der Waals surface area (Å²) in [6.45, 7) is 0. The van der Waals surface area contributed by atoms with Gasteiger partial charge in [-0.15, -0.1) is 0 Å². The molecule has 0 amide bonds. The molecule has 3 aromatic rings. The number of nitrogens with one attached hydrogen (secondary N) is 2. The molecule has 6 nitrogen and oxygen atoms in total. The lowest BCUT2D eigenvalue weighted by atomic mass is 10.0. The van der Waals surface area contributed by atoms with Gasteiger partial charge in [-0.3, -0.25) is 5.41 Å². The highest BCUT2D eigenvalue weighted by atomic mass is 19.2. The average Bonchev–Trinajstić information content (AvgIpc) is 3.07. The van der Waals surface area contributed by atoms with Crippen molar-refractivity contribution in [2.24, 2.45) is 0 Å². The number of rotatable bonds is 4. The van der Waals surface area contributed by atoms with Crippen molar-refractivity contribution >= 4 is 17.3 Å². The van der Waals surface area contributed by atoms with Gasteiger partial charge in [0.05, 0.1) is 11.3 Å². The largest absolute Gasteiger partial charge is 0.505 e. The molecule has 8 heteroatoms. The van der Waals surface area contributed by atoms with E-state index in [1.807, 2.05) is 12.1 Å². The summed E-state index contributed by atoms with van der Waals surface area (Å²) in [5.41, 5.74) is 8.36. The van der Waals surface area contributed by atoms with E-state index in [2.05, 4.69) is 27.4 Å². The van der Waals surface area contributed by atoms with Gasteiger partial charge in [0.2, 0.25) is 0 Å². The Labute approximate surface area is 159 Å². The Kier molecular flexibility index (Phi) is 4.38. The molecule has 0 radical (unpaired) electrons. The van der Waals surface area contributed by atoms with Crippen LogP contribution in [0.25, 0.3) is 0 Å². The highest BCUT2D eigenvalue weighted by Crippen LogP contribution is 2.29. The molecule has 0 atom stereocenters. The summed E-state index contributed by atoms with van der Waals surface area (Å²) < 4.78 is 27.1. The Bertz CT molecular complexity index is 1040. The quantitative estimate of drug-likeness (QED) is 0.520. The average molecular weight is 381 g/mol. The predicted molar refractivity (Wildman–Crippen MR) is 102 cm³/mol. The number of phenols is 1. The second-order valence-corrected chi connectivity index (χ2v) is 6.67. The van der Waals surface area contributed by atoms with Crippen molar-refractivity contribution in [2.75, 3.05) is 11.1 Å². The molecule has 1 aromatic heterocycles. The predicted octanol–water partition coefficient (Wildman–Crippen LogP) is 3.04. The van der Waals surface area contributed by atoms with Gasteiger partial charge in [-0.05, 0) is 36.1 Å². The number of aromatic hydroxyl groups is 1. The van der Waals surface area contributed by atoms with Crippen LogP contribution in [0.3, 0.4) is 0 Å². The number of hydrogen-bond acceptors (Lipinski definition) is 6. The maximum atomic E-state index is 13.7. The zero-order chi connectivity index (χ0) is 19.8. The number of halogens is 2. The third-order valence-corrected chi connectivity index (χ3v) is 4.82. The van der Waals surface area contributed by atoms with E-state index in [-0.39, 0.29) is 28.7 Å². The van der Waals surface area contributed by atoms with E-state index in [1.54, 1.807) is 0 Å². The normalized spacial score (nSPS) is 13.4. The van der Waals surface area contributed by atoms with E-state index in [9.17, 15) is 13.9 Å². The molecule has 0 saturated carbocycles. The first-order valence-corrected chi connectivity index (χ1v) is 8.65. The summed E-state index contributed by atoms with van der Waals surface area (Å²) >= 11 is 0. The van der Waals surface area contributed by atoms with E-state index in [0.717, 1.165) is 25.0 Å². The summed E-state index contributed by atoms with van der Waals surface area (Å²) in [6, 6.07) is 9.97. The monoisotopic (exact) mass is 381 g/mol. The van der Waals surface area contributed by atoms with E-state index in [1.165, 1.54) is 17.5 Å². The third-order valence-electron chi connectivity index (χ3n) is 4.82. The van der Waals surface area contributed by atoms with Gasteiger partial charge >= 0.3 is 0 Å². The lowest BCUT2D eigenvalue weighted by Gasteiger charge is -2.17. The van der Waals surface area contributed by atoms with E-state index >= 15 is 0 Å².